The number of carboxylic acids is 1. The normalized spacial score (nSPS) is 40.5. The van der Waals surface area contributed by atoms with Crippen LogP contribution in [-0.4, -0.2) is 72.0 Å². The molecular weight excluding hydrogens is 440 g/mol. The summed E-state index contributed by atoms with van der Waals surface area (Å²) in [4.78, 5) is 22.8. The minimum atomic E-state index is -1.01. The maximum atomic E-state index is 12.4. The first kappa shape index (κ1) is 24.9. The summed E-state index contributed by atoms with van der Waals surface area (Å²) in [6.07, 6.45) is 13.9. The lowest BCUT2D eigenvalue weighted by Crippen LogP contribution is -2.55. The van der Waals surface area contributed by atoms with E-state index in [4.69, 9.17) is 28.8 Å². The molecule has 1 spiro atoms. The Labute approximate surface area is 200 Å². The first-order valence-corrected chi connectivity index (χ1v) is 11.8. The molecule has 1 N–H and O–H groups in total. The molecule has 4 rings (SSSR count). The van der Waals surface area contributed by atoms with E-state index in [1.807, 2.05) is 0 Å². The van der Waals surface area contributed by atoms with E-state index in [-0.39, 0.29) is 41.5 Å². The Balaban J connectivity index is 1.34. The first-order valence-electron chi connectivity index (χ1n) is 11.8. The second kappa shape index (κ2) is 9.41. The molecule has 3 saturated heterocycles. The summed E-state index contributed by atoms with van der Waals surface area (Å²) in [6.45, 7) is 6.97. The standard InChI is InChI=1S/C26H34O8/c1-24(2)18(33-24)15-19-25(3,34-19)23-22(30-4)17(13-14-26(23)16-31-26)32-21(29)12-10-8-6-5-7-9-11-20(27)28/h5-12,17-19,22-23H,13-16H2,1-4H3,(H,27,28)/b7-5+,8-6+,11-9+,12-10+/t17-,18?,19-,22-,23-,25+,26?/m1/s1. The van der Waals surface area contributed by atoms with Crippen LogP contribution in [-0.2, 0) is 33.3 Å². The van der Waals surface area contributed by atoms with E-state index in [0.29, 0.717) is 13.0 Å². The molecule has 3 heterocycles. The van der Waals surface area contributed by atoms with Gasteiger partial charge in [-0.25, -0.2) is 9.59 Å². The third-order valence-corrected chi connectivity index (χ3v) is 7.38. The molecule has 4 fully saturated rings. The molecule has 0 amide bonds. The third kappa shape index (κ3) is 5.35. The van der Waals surface area contributed by atoms with E-state index in [0.717, 1.165) is 18.9 Å². The van der Waals surface area contributed by atoms with Gasteiger partial charge in [0.25, 0.3) is 0 Å². The van der Waals surface area contributed by atoms with Crippen molar-refractivity contribution in [3.8, 4) is 0 Å². The first-order chi connectivity index (χ1) is 16.1. The number of allylic oxidation sites excluding steroid dienone is 6. The van der Waals surface area contributed by atoms with E-state index < -0.39 is 17.5 Å². The molecule has 186 valence electrons. The summed E-state index contributed by atoms with van der Waals surface area (Å²) in [5.74, 6) is -1.48. The minimum absolute atomic E-state index is 0.0312. The van der Waals surface area contributed by atoms with Crippen LogP contribution < -0.4 is 0 Å². The zero-order valence-electron chi connectivity index (χ0n) is 20.1. The summed E-state index contributed by atoms with van der Waals surface area (Å²) in [5, 5.41) is 8.52. The van der Waals surface area contributed by atoms with Crippen molar-refractivity contribution in [2.24, 2.45) is 5.92 Å². The van der Waals surface area contributed by atoms with Gasteiger partial charge in [0, 0.05) is 25.7 Å². The molecule has 0 aromatic carbocycles. The number of rotatable bonds is 10. The van der Waals surface area contributed by atoms with Gasteiger partial charge in [-0.2, -0.15) is 0 Å². The average Bonchev–Trinajstić information content (AvgIpc) is 3.72. The van der Waals surface area contributed by atoms with Crippen LogP contribution in [0.3, 0.4) is 0 Å². The van der Waals surface area contributed by atoms with Crippen LogP contribution in [0.5, 0.6) is 0 Å². The van der Waals surface area contributed by atoms with Gasteiger partial charge in [0.2, 0.25) is 0 Å². The molecule has 7 atom stereocenters. The SMILES string of the molecule is CO[C@@H]1[C@H](OC(=O)/C=C/C=C/C=C/C=C/C(=O)O)CCC2(CO2)[C@H]1[C@@]1(C)O[C@@H]1CC1OC1(C)C. The predicted octanol–water partition coefficient (Wildman–Crippen LogP) is 3.13. The average molecular weight is 475 g/mol. The predicted molar refractivity (Wildman–Crippen MR) is 123 cm³/mol. The van der Waals surface area contributed by atoms with Crippen LogP contribution in [0.2, 0.25) is 0 Å². The summed E-state index contributed by atoms with van der Waals surface area (Å²) in [7, 11) is 1.65. The summed E-state index contributed by atoms with van der Waals surface area (Å²) >= 11 is 0. The molecule has 0 radical (unpaired) electrons. The van der Waals surface area contributed by atoms with Gasteiger partial charge in [0.05, 0.1) is 30.3 Å². The fraction of sp³-hybridized carbons (Fsp3) is 0.615. The van der Waals surface area contributed by atoms with Crippen molar-refractivity contribution in [1.82, 2.24) is 0 Å². The second-order valence-electron chi connectivity index (χ2n) is 10.1. The summed E-state index contributed by atoms with van der Waals surface area (Å²) < 4.78 is 29.6. The number of aliphatic carboxylic acids is 1. The lowest BCUT2D eigenvalue weighted by molar-refractivity contribution is -0.166. The number of carbonyl (C=O) groups excluding carboxylic acids is 1. The molecule has 34 heavy (non-hydrogen) atoms. The van der Waals surface area contributed by atoms with Crippen LogP contribution in [0.15, 0.2) is 48.6 Å². The lowest BCUT2D eigenvalue weighted by Gasteiger charge is -2.42. The van der Waals surface area contributed by atoms with Gasteiger partial charge >= 0.3 is 11.9 Å². The molecular formula is C26H34O8. The lowest BCUT2D eigenvalue weighted by atomic mass is 9.68. The van der Waals surface area contributed by atoms with Crippen LogP contribution >= 0.6 is 0 Å². The highest BCUT2D eigenvalue weighted by atomic mass is 16.6. The monoisotopic (exact) mass is 474 g/mol. The smallest absolute Gasteiger partial charge is 0.331 e. The molecule has 8 nitrogen and oxygen atoms in total. The summed E-state index contributed by atoms with van der Waals surface area (Å²) in [6, 6.07) is 0. The van der Waals surface area contributed by atoms with Gasteiger partial charge in [-0.1, -0.05) is 36.5 Å². The van der Waals surface area contributed by atoms with Crippen molar-refractivity contribution in [3.05, 3.63) is 48.6 Å². The quantitative estimate of drug-likeness (QED) is 0.223. The van der Waals surface area contributed by atoms with Crippen LogP contribution in [0.1, 0.15) is 40.0 Å². The third-order valence-electron chi connectivity index (χ3n) is 7.38. The highest BCUT2D eigenvalue weighted by molar-refractivity contribution is 5.82. The highest BCUT2D eigenvalue weighted by Crippen LogP contribution is 2.60. The van der Waals surface area contributed by atoms with Gasteiger partial charge in [0.15, 0.2) is 0 Å². The van der Waals surface area contributed by atoms with Gasteiger partial charge < -0.3 is 28.8 Å². The molecule has 1 saturated carbocycles. The molecule has 0 aromatic heterocycles. The Kier molecular flexibility index (Phi) is 6.88. The highest BCUT2D eigenvalue weighted by Gasteiger charge is 2.73. The maximum Gasteiger partial charge on any atom is 0.331 e. The van der Waals surface area contributed by atoms with Gasteiger partial charge in [-0.3, -0.25) is 0 Å². The number of ether oxygens (including phenoxy) is 5. The zero-order valence-corrected chi connectivity index (χ0v) is 20.1. The fourth-order valence-electron chi connectivity index (χ4n) is 5.30. The Hall–Kier alpha value is -2.26. The van der Waals surface area contributed by atoms with E-state index in [2.05, 4.69) is 20.8 Å². The number of carboxylic acid groups (broad SMARTS) is 1. The van der Waals surface area contributed by atoms with Gasteiger partial charge in [-0.05, 0) is 33.6 Å². The van der Waals surface area contributed by atoms with Crippen LogP contribution in [0.25, 0.3) is 0 Å². The topological polar surface area (TPSA) is 110 Å². The maximum absolute atomic E-state index is 12.4. The Morgan fingerprint density at radius 2 is 1.62 bits per heavy atom. The van der Waals surface area contributed by atoms with Crippen molar-refractivity contribution >= 4 is 11.9 Å². The number of methoxy groups -OCH3 is 1. The van der Waals surface area contributed by atoms with Crippen molar-refractivity contribution < 1.29 is 38.4 Å². The van der Waals surface area contributed by atoms with Crippen LogP contribution in [0, 0.1) is 5.92 Å². The van der Waals surface area contributed by atoms with Gasteiger partial charge in [0.1, 0.15) is 23.4 Å². The van der Waals surface area contributed by atoms with E-state index in [1.54, 1.807) is 37.5 Å². The zero-order chi connectivity index (χ0) is 24.6. The van der Waals surface area contributed by atoms with E-state index >= 15 is 0 Å². The van der Waals surface area contributed by atoms with Crippen molar-refractivity contribution in [2.75, 3.05) is 13.7 Å². The van der Waals surface area contributed by atoms with Gasteiger partial charge in [-0.15, -0.1) is 0 Å². The Morgan fingerprint density at radius 1 is 1.00 bits per heavy atom. The molecule has 2 unspecified atom stereocenters. The molecule has 8 heteroatoms. The largest absolute Gasteiger partial charge is 0.478 e. The molecule has 4 aliphatic rings. The second-order valence-corrected chi connectivity index (χ2v) is 10.1. The van der Waals surface area contributed by atoms with Crippen molar-refractivity contribution in [1.29, 1.82) is 0 Å². The number of carbonyl (C=O) groups is 2. The molecule has 3 aliphatic heterocycles. The molecule has 0 aromatic rings. The number of epoxide rings is 3. The summed E-state index contributed by atoms with van der Waals surface area (Å²) in [5.41, 5.74) is -0.755. The van der Waals surface area contributed by atoms with E-state index in [9.17, 15) is 9.59 Å². The van der Waals surface area contributed by atoms with Crippen molar-refractivity contribution in [2.45, 2.75) is 81.3 Å². The fourth-order valence-corrected chi connectivity index (χ4v) is 5.30. The molecule has 1 aliphatic carbocycles. The Bertz CT molecular complexity index is 912. The van der Waals surface area contributed by atoms with Crippen molar-refractivity contribution in [3.63, 3.8) is 0 Å². The molecule has 0 bridgehead atoms. The van der Waals surface area contributed by atoms with E-state index in [1.165, 1.54) is 12.2 Å². The number of hydrogen-bond acceptors (Lipinski definition) is 7. The number of hydrogen-bond donors (Lipinski definition) is 1. The minimum Gasteiger partial charge on any atom is -0.478 e. The van der Waals surface area contributed by atoms with Crippen LogP contribution in [0.4, 0.5) is 0 Å². The Morgan fingerprint density at radius 3 is 2.18 bits per heavy atom. The number of esters is 1.